The third-order valence-electron chi connectivity index (χ3n) is 3.10. The summed E-state index contributed by atoms with van der Waals surface area (Å²) >= 11 is 0. The van der Waals surface area contributed by atoms with Crippen LogP contribution >= 0.6 is 0 Å². The van der Waals surface area contributed by atoms with Crippen molar-refractivity contribution in [3.05, 3.63) is 0 Å². The van der Waals surface area contributed by atoms with E-state index < -0.39 is 0 Å². The number of hydrogen-bond acceptors (Lipinski definition) is 3. The predicted octanol–water partition coefficient (Wildman–Crippen LogP) is 0.915. The van der Waals surface area contributed by atoms with E-state index in [9.17, 15) is 9.59 Å². The van der Waals surface area contributed by atoms with Crippen molar-refractivity contribution < 1.29 is 9.59 Å². The Labute approximate surface area is 103 Å². The summed E-state index contributed by atoms with van der Waals surface area (Å²) in [6.07, 6.45) is 1.89. The van der Waals surface area contributed by atoms with Gasteiger partial charge in [-0.1, -0.05) is 19.8 Å². The van der Waals surface area contributed by atoms with Gasteiger partial charge in [-0.2, -0.15) is 0 Å². The van der Waals surface area contributed by atoms with Crippen LogP contribution in [0, 0.1) is 11.8 Å². The lowest BCUT2D eigenvalue weighted by atomic mass is 10.1. The molecule has 1 rings (SSSR count). The van der Waals surface area contributed by atoms with E-state index in [1.54, 1.807) is 6.92 Å². The SMILES string of the molecule is CC#CCNC1CC(=O)N(C(CC)CC)C1=O. The number of rotatable bonds is 5. The Morgan fingerprint density at radius 1 is 1.41 bits per heavy atom. The molecule has 4 heteroatoms. The van der Waals surface area contributed by atoms with Crippen LogP contribution in [0.4, 0.5) is 0 Å². The highest BCUT2D eigenvalue weighted by atomic mass is 16.2. The first-order chi connectivity index (χ1) is 8.15. The molecule has 2 amide bonds. The summed E-state index contributed by atoms with van der Waals surface area (Å²) in [7, 11) is 0. The summed E-state index contributed by atoms with van der Waals surface area (Å²) in [5.74, 6) is 5.43. The molecular formula is C13H20N2O2. The number of nitrogens with one attached hydrogen (secondary N) is 1. The zero-order valence-electron chi connectivity index (χ0n) is 10.7. The molecule has 94 valence electrons. The van der Waals surface area contributed by atoms with Crippen molar-refractivity contribution in [2.45, 2.75) is 52.1 Å². The molecule has 1 heterocycles. The minimum absolute atomic E-state index is 0.0408. The number of carbonyl (C=O) groups is 2. The summed E-state index contributed by atoms with van der Waals surface area (Å²) in [6, 6.07) is -0.344. The van der Waals surface area contributed by atoms with Crippen LogP contribution in [0.25, 0.3) is 0 Å². The van der Waals surface area contributed by atoms with E-state index in [1.165, 1.54) is 4.90 Å². The maximum Gasteiger partial charge on any atom is 0.247 e. The van der Waals surface area contributed by atoms with Gasteiger partial charge in [-0.25, -0.2) is 0 Å². The van der Waals surface area contributed by atoms with E-state index in [-0.39, 0.29) is 30.3 Å². The van der Waals surface area contributed by atoms with E-state index in [1.807, 2.05) is 13.8 Å². The van der Waals surface area contributed by atoms with E-state index in [2.05, 4.69) is 17.2 Å². The maximum atomic E-state index is 12.1. The average molecular weight is 236 g/mol. The van der Waals surface area contributed by atoms with Crippen LogP contribution in [-0.4, -0.2) is 35.3 Å². The monoisotopic (exact) mass is 236 g/mol. The van der Waals surface area contributed by atoms with Crippen LogP contribution in [0.3, 0.4) is 0 Å². The second-order valence-corrected chi connectivity index (χ2v) is 4.14. The van der Waals surface area contributed by atoms with Crippen LogP contribution < -0.4 is 5.32 Å². The summed E-state index contributed by atoms with van der Waals surface area (Å²) in [4.78, 5) is 25.3. The molecule has 1 unspecified atom stereocenters. The van der Waals surface area contributed by atoms with Gasteiger partial charge in [0.1, 0.15) is 0 Å². The molecule has 0 aromatic rings. The second-order valence-electron chi connectivity index (χ2n) is 4.14. The molecule has 1 aliphatic rings. The van der Waals surface area contributed by atoms with Crippen molar-refractivity contribution in [1.82, 2.24) is 10.2 Å². The Balaban J connectivity index is 2.66. The van der Waals surface area contributed by atoms with E-state index in [0.29, 0.717) is 6.54 Å². The minimum Gasteiger partial charge on any atom is -0.295 e. The van der Waals surface area contributed by atoms with Gasteiger partial charge in [0, 0.05) is 6.04 Å². The van der Waals surface area contributed by atoms with Gasteiger partial charge >= 0.3 is 0 Å². The molecule has 1 fully saturated rings. The highest BCUT2D eigenvalue weighted by molar-refractivity contribution is 6.05. The third kappa shape index (κ3) is 3.07. The van der Waals surface area contributed by atoms with E-state index >= 15 is 0 Å². The van der Waals surface area contributed by atoms with Crippen LogP contribution in [0.1, 0.15) is 40.0 Å². The van der Waals surface area contributed by atoms with Gasteiger partial charge in [0.15, 0.2) is 0 Å². The normalized spacial score (nSPS) is 19.8. The number of likely N-dealkylation sites (tertiary alicyclic amines) is 1. The van der Waals surface area contributed by atoms with Gasteiger partial charge in [-0.05, 0) is 19.8 Å². The van der Waals surface area contributed by atoms with Gasteiger partial charge in [0.2, 0.25) is 11.8 Å². The topological polar surface area (TPSA) is 49.4 Å². The number of nitrogens with zero attached hydrogens (tertiary/aromatic N) is 1. The Morgan fingerprint density at radius 2 is 2.06 bits per heavy atom. The first kappa shape index (κ1) is 13.7. The maximum absolute atomic E-state index is 12.1. The number of amides is 2. The molecule has 1 aliphatic heterocycles. The van der Waals surface area contributed by atoms with Crippen molar-refractivity contribution in [2.75, 3.05) is 6.54 Å². The Bertz CT molecular complexity index is 350. The molecule has 17 heavy (non-hydrogen) atoms. The van der Waals surface area contributed by atoms with Gasteiger partial charge < -0.3 is 0 Å². The number of imide groups is 1. The van der Waals surface area contributed by atoms with Crippen molar-refractivity contribution in [1.29, 1.82) is 0 Å². The molecule has 0 aromatic heterocycles. The fourth-order valence-electron chi connectivity index (χ4n) is 2.11. The molecule has 4 nitrogen and oxygen atoms in total. The largest absolute Gasteiger partial charge is 0.295 e. The lowest BCUT2D eigenvalue weighted by Crippen LogP contribution is -2.43. The molecule has 0 spiro atoms. The average Bonchev–Trinajstić information content (AvgIpc) is 2.59. The molecule has 0 aromatic carbocycles. The molecule has 1 saturated heterocycles. The molecular weight excluding hydrogens is 216 g/mol. The molecule has 1 N–H and O–H groups in total. The predicted molar refractivity (Wildman–Crippen MR) is 66.1 cm³/mol. The molecule has 0 aliphatic carbocycles. The lowest BCUT2D eigenvalue weighted by Gasteiger charge is -2.24. The minimum atomic E-state index is -0.385. The van der Waals surface area contributed by atoms with Crippen molar-refractivity contribution in [3.8, 4) is 11.8 Å². The summed E-state index contributed by atoms with van der Waals surface area (Å²) in [5, 5.41) is 3.01. The highest BCUT2D eigenvalue weighted by Gasteiger charge is 2.40. The fourth-order valence-corrected chi connectivity index (χ4v) is 2.11. The van der Waals surface area contributed by atoms with Gasteiger partial charge in [0.25, 0.3) is 0 Å². The lowest BCUT2D eigenvalue weighted by molar-refractivity contribution is -0.141. The zero-order valence-corrected chi connectivity index (χ0v) is 10.7. The van der Waals surface area contributed by atoms with Crippen LogP contribution in [0.5, 0.6) is 0 Å². The highest BCUT2D eigenvalue weighted by Crippen LogP contribution is 2.19. The van der Waals surface area contributed by atoms with Crippen LogP contribution in [-0.2, 0) is 9.59 Å². The van der Waals surface area contributed by atoms with Crippen molar-refractivity contribution in [3.63, 3.8) is 0 Å². The zero-order chi connectivity index (χ0) is 12.8. The number of carbonyl (C=O) groups excluding carboxylic acids is 2. The molecule has 0 bridgehead atoms. The standard InChI is InChI=1S/C13H20N2O2/c1-4-7-8-14-11-9-12(16)15(13(11)17)10(5-2)6-3/h10-11,14H,5-6,8-9H2,1-3H3. The number of hydrogen-bond donors (Lipinski definition) is 1. The van der Waals surface area contributed by atoms with Gasteiger partial charge in [0.05, 0.1) is 19.0 Å². The summed E-state index contributed by atoms with van der Waals surface area (Å²) < 4.78 is 0. The summed E-state index contributed by atoms with van der Waals surface area (Å²) in [5.41, 5.74) is 0. The second kappa shape index (κ2) is 6.41. The smallest absolute Gasteiger partial charge is 0.247 e. The van der Waals surface area contributed by atoms with Crippen LogP contribution in [0.2, 0.25) is 0 Å². The third-order valence-corrected chi connectivity index (χ3v) is 3.10. The van der Waals surface area contributed by atoms with Crippen molar-refractivity contribution >= 4 is 11.8 Å². The fraction of sp³-hybridized carbons (Fsp3) is 0.692. The summed E-state index contributed by atoms with van der Waals surface area (Å²) in [6.45, 7) is 6.20. The van der Waals surface area contributed by atoms with Gasteiger partial charge in [-0.15, -0.1) is 5.92 Å². The Hall–Kier alpha value is -1.34. The molecule has 1 atom stereocenters. The Kier molecular flexibility index (Phi) is 5.17. The molecule has 0 saturated carbocycles. The molecule has 0 radical (unpaired) electrons. The van der Waals surface area contributed by atoms with Crippen LogP contribution in [0.15, 0.2) is 0 Å². The van der Waals surface area contributed by atoms with E-state index in [4.69, 9.17) is 0 Å². The van der Waals surface area contributed by atoms with Gasteiger partial charge in [-0.3, -0.25) is 19.8 Å². The Morgan fingerprint density at radius 3 is 2.59 bits per heavy atom. The van der Waals surface area contributed by atoms with E-state index in [0.717, 1.165) is 12.8 Å². The first-order valence-corrected chi connectivity index (χ1v) is 6.14. The first-order valence-electron chi connectivity index (χ1n) is 6.14. The quantitative estimate of drug-likeness (QED) is 0.570. The van der Waals surface area contributed by atoms with Crippen molar-refractivity contribution in [2.24, 2.45) is 0 Å².